The van der Waals surface area contributed by atoms with Crippen molar-refractivity contribution in [2.75, 3.05) is 12.4 Å². The molecule has 0 aliphatic carbocycles. The zero-order chi connectivity index (χ0) is 15.1. The Hall–Kier alpha value is -2.10. The van der Waals surface area contributed by atoms with Crippen LogP contribution in [0.15, 0.2) is 30.3 Å². The molecule has 1 heterocycles. The molecule has 4 heteroatoms. The number of ether oxygens (including phenoxy) is 1. The van der Waals surface area contributed by atoms with Crippen molar-refractivity contribution in [1.82, 2.24) is 9.97 Å². The second-order valence-corrected chi connectivity index (χ2v) is 4.96. The number of nitrogens with one attached hydrogen (secondary N) is 1. The highest BCUT2D eigenvalue weighted by molar-refractivity contribution is 5.39. The summed E-state index contributed by atoms with van der Waals surface area (Å²) in [6.45, 7) is 4.23. The molecule has 0 radical (unpaired) electrons. The van der Waals surface area contributed by atoms with E-state index in [4.69, 9.17) is 4.74 Å². The summed E-state index contributed by atoms with van der Waals surface area (Å²) in [6, 6.07) is 10.0. The Labute approximate surface area is 126 Å². The maximum Gasteiger partial charge on any atom is 0.224 e. The number of aromatic nitrogens is 2. The van der Waals surface area contributed by atoms with Crippen molar-refractivity contribution in [3.8, 4) is 11.6 Å². The largest absolute Gasteiger partial charge is 0.439 e. The van der Waals surface area contributed by atoms with E-state index in [-0.39, 0.29) is 0 Å². The first kappa shape index (κ1) is 15.3. The number of nitrogens with zero attached hydrogens (tertiary/aromatic N) is 2. The van der Waals surface area contributed by atoms with E-state index in [9.17, 15) is 0 Å². The molecule has 0 fully saturated rings. The monoisotopic (exact) mass is 285 g/mol. The van der Waals surface area contributed by atoms with Crippen LogP contribution in [-0.2, 0) is 12.8 Å². The maximum atomic E-state index is 5.83. The van der Waals surface area contributed by atoms with Crippen molar-refractivity contribution >= 4 is 5.82 Å². The van der Waals surface area contributed by atoms with Crippen LogP contribution in [0.3, 0.4) is 0 Å². The fourth-order valence-corrected chi connectivity index (χ4v) is 2.04. The normalized spacial score (nSPS) is 10.4. The molecule has 0 amide bonds. The predicted molar refractivity (Wildman–Crippen MR) is 86.1 cm³/mol. The number of hydrogen-bond donors (Lipinski definition) is 1. The molecule has 2 rings (SSSR count). The molecular weight excluding hydrogens is 262 g/mol. The average molecular weight is 285 g/mol. The first-order chi connectivity index (χ1) is 10.2. The van der Waals surface area contributed by atoms with E-state index in [1.807, 2.05) is 32.2 Å². The molecule has 2 aromatic rings. The first-order valence-electron chi connectivity index (χ1n) is 7.57. The highest BCUT2D eigenvalue weighted by Gasteiger charge is 2.05. The number of benzene rings is 1. The SMILES string of the molecule is CCCCc1ccc(Oc2cc(NC)nc(CC)n2)cc1. The third-order valence-corrected chi connectivity index (χ3v) is 3.29. The van der Waals surface area contributed by atoms with E-state index in [2.05, 4.69) is 34.3 Å². The van der Waals surface area contributed by atoms with Gasteiger partial charge in [0, 0.05) is 19.5 Å². The minimum Gasteiger partial charge on any atom is -0.439 e. The van der Waals surface area contributed by atoms with E-state index in [1.54, 1.807) is 0 Å². The number of anilines is 1. The van der Waals surface area contributed by atoms with Crippen molar-refractivity contribution in [3.63, 3.8) is 0 Å². The van der Waals surface area contributed by atoms with Gasteiger partial charge in [-0.1, -0.05) is 32.4 Å². The smallest absolute Gasteiger partial charge is 0.224 e. The molecule has 0 saturated heterocycles. The molecule has 1 N–H and O–H groups in total. The highest BCUT2D eigenvalue weighted by Crippen LogP contribution is 2.22. The molecule has 112 valence electrons. The molecular formula is C17H23N3O. The molecule has 0 atom stereocenters. The lowest BCUT2D eigenvalue weighted by Gasteiger charge is -2.09. The molecule has 21 heavy (non-hydrogen) atoms. The molecule has 0 spiro atoms. The Morgan fingerprint density at radius 3 is 2.48 bits per heavy atom. The number of rotatable bonds is 7. The summed E-state index contributed by atoms with van der Waals surface area (Å²) >= 11 is 0. The molecule has 0 aliphatic heterocycles. The van der Waals surface area contributed by atoms with E-state index in [0.717, 1.165) is 30.2 Å². The van der Waals surface area contributed by atoms with Crippen molar-refractivity contribution in [2.24, 2.45) is 0 Å². The van der Waals surface area contributed by atoms with Crippen molar-refractivity contribution in [2.45, 2.75) is 39.5 Å². The lowest BCUT2D eigenvalue weighted by molar-refractivity contribution is 0.459. The summed E-state index contributed by atoms with van der Waals surface area (Å²) in [7, 11) is 1.84. The zero-order valence-corrected chi connectivity index (χ0v) is 13.0. The molecule has 0 saturated carbocycles. The van der Waals surface area contributed by atoms with Gasteiger partial charge in [0.1, 0.15) is 17.4 Å². The third kappa shape index (κ3) is 4.45. The van der Waals surface area contributed by atoms with Crippen molar-refractivity contribution in [3.05, 3.63) is 41.7 Å². The minimum atomic E-state index is 0.576. The molecule has 4 nitrogen and oxygen atoms in total. The second-order valence-electron chi connectivity index (χ2n) is 4.96. The first-order valence-corrected chi connectivity index (χ1v) is 7.57. The summed E-state index contributed by atoms with van der Waals surface area (Å²) in [6.07, 6.45) is 4.33. The predicted octanol–water partition coefficient (Wildman–Crippen LogP) is 4.22. The summed E-state index contributed by atoms with van der Waals surface area (Å²) in [5, 5.41) is 3.03. The van der Waals surface area contributed by atoms with Crippen LogP contribution in [0, 0.1) is 0 Å². The summed E-state index contributed by atoms with van der Waals surface area (Å²) in [5.74, 6) is 2.93. The summed E-state index contributed by atoms with van der Waals surface area (Å²) in [5.41, 5.74) is 1.34. The van der Waals surface area contributed by atoms with Gasteiger partial charge in [0.05, 0.1) is 0 Å². The molecule has 0 aliphatic rings. The zero-order valence-electron chi connectivity index (χ0n) is 13.0. The number of hydrogen-bond acceptors (Lipinski definition) is 4. The van der Waals surface area contributed by atoms with Gasteiger partial charge in [-0.2, -0.15) is 4.98 Å². The average Bonchev–Trinajstić information content (AvgIpc) is 2.53. The van der Waals surface area contributed by atoms with Crippen LogP contribution in [0.25, 0.3) is 0 Å². The Kier molecular flexibility index (Phi) is 5.55. The Morgan fingerprint density at radius 2 is 1.86 bits per heavy atom. The molecule has 1 aromatic carbocycles. The van der Waals surface area contributed by atoms with Crippen LogP contribution in [0.4, 0.5) is 5.82 Å². The van der Waals surface area contributed by atoms with Crippen LogP contribution < -0.4 is 10.1 Å². The van der Waals surface area contributed by atoms with E-state index >= 15 is 0 Å². The third-order valence-electron chi connectivity index (χ3n) is 3.29. The Morgan fingerprint density at radius 1 is 1.10 bits per heavy atom. The van der Waals surface area contributed by atoms with Crippen LogP contribution in [-0.4, -0.2) is 17.0 Å². The maximum absolute atomic E-state index is 5.83. The quantitative estimate of drug-likeness (QED) is 0.827. The number of unbranched alkanes of at least 4 members (excludes halogenated alkanes) is 1. The van der Waals surface area contributed by atoms with E-state index in [0.29, 0.717) is 5.88 Å². The van der Waals surface area contributed by atoms with Crippen LogP contribution in [0.5, 0.6) is 11.6 Å². The van der Waals surface area contributed by atoms with Crippen molar-refractivity contribution in [1.29, 1.82) is 0 Å². The van der Waals surface area contributed by atoms with Gasteiger partial charge in [-0.25, -0.2) is 4.98 Å². The van der Waals surface area contributed by atoms with Gasteiger partial charge in [0.2, 0.25) is 5.88 Å². The van der Waals surface area contributed by atoms with E-state index < -0.39 is 0 Å². The second kappa shape index (κ2) is 7.62. The topological polar surface area (TPSA) is 47.0 Å². The van der Waals surface area contributed by atoms with Gasteiger partial charge in [-0.15, -0.1) is 0 Å². The van der Waals surface area contributed by atoms with Gasteiger partial charge >= 0.3 is 0 Å². The van der Waals surface area contributed by atoms with Crippen LogP contribution >= 0.6 is 0 Å². The lowest BCUT2D eigenvalue weighted by atomic mass is 10.1. The minimum absolute atomic E-state index is 0.576. The molecule has 1 aromatic heterocycles. The molecule has 0 bridgehead atoms. The van der Waals surface area contributed by atoms with Gasteiger partial charge in [0.15, 0.2) is 0 Å². The highest BCUT2D eigenvalue weighted by atomic mass is 16.5. The number of aryl methyl sites for hydroxylation is 2. The lowest BCUT2D eigenvalue weighted by Crippen LogP contribution is -2.01. The van der Waals surface area contributed by atoms with Gasteiger partial charge < -0.3 is 10.1 Å². The summed E-state index contributed by atoms with van der Waals surface area (Å²) in [4.78, 5) is 8.75. The van der Waals surface area contributed by atoms with Crippen LogP contribution in [0.2, 0.25) is 0 Å². The van der Waals surface area contributed by atoms with Gasteiger partial charge in [-0.05, 0) is 30.5 Å². The molecule has 0 unspecified atom stereocenters. The van der Waals surface area contributed by atoms with Gasteiger partial charge in [0.25, 0.3) is 0 Å². The Bertz CT molecular complexity index is 544. The van der Waals surface area contributed by atoms with Crippen molar-refractivity contribution < 1.29 is 4.74 Å². The fraction of sp³-hybridized carbons (Fsp3) is 0.412. The van der Waals surface area contributed by atoms with Gasteiger partial charge in [-0.3, -0.25) is 0 Å². The summed E-state index contributed by atoms with van der Waals surface area (Å²) < 4.78 is 5.83. The van der Waals surface area contributed by atoms with E-state index in [1.165, 1.54) is 18.4 Å². The van der Waals surface area contributed by atoms with Crippen LogP contribution in [0.1, 0.15) is 38.1 Å². The Balaban J connectivity index is 2.10. The standard InChI is InChI=1S/C17H23N3O/c1-4-6-7-13-8-10-14(11-9-13)21-17-12-16(18-3)19-15(5-2)20-17/h8-12H,4-7H2,1-3H3,(H,18,19,20). The fourth-order valence-electron chi connectivity index (χ4n) is 2.04.